The molecule has 10 heavy (non-hydrogen) atoms. The summed E-state index contributed by atoms with van der Waals surface area (Å²) in [6, 6.07) is 0. The van der Waals surface area contributed by atoms with Crippen molar-refractivity contribution in [1.82, 2.24) is 10.3 Å². The van der Waals surface area contributed by atoms with Crippen LogP contribution in [0.3, 0.4) is 0 Å². The number of hydroxylamine groups is 4. The van der Waals surface area contributed by atoms with Crippen molar-refractivity contribution >= 4 is 0 Å². The number of rotatable bonds is 5. The second-order valence-corrected chi connectivity index (χ2v) is 2.05. The highest BCUT2D eigenvalue weighted by Gasteiger charge is 1.99. The van der Waals surface area contributed by atoms with E-state index in [-0.39, 0.29) is 18.3 Å². The van der Waals surface area contributed by atoms with Gasteiger partial charge in [-0.05, 0) is 6.42 Å². The average Bonchev–Trinajstić information content (AvgIpc) is 1.85. The van der Waals surface area contributed by atoms with Crippen molar-refractivity contribution < 1.29 is 15.6 Å². The van der Waals surface area contributed by atoms with E-state index in [1.54, 1.807) is 0 Å². The van der Waals surface area contributed by atoms with Crippen molar-refractivity contribution in [1.29, 1.82) is 0 Å². The first kappa shape index (κ1) is 9.80. The molecule has 0 aromatic carbocycles. The Hall–Kier alpha value is -0.200. The van der Waals surface area contributed by atoms with Crippen LogP contribution in [-0.4, -0.2) is 45.5 Å². The maximum atomic E-state index is 8.88. The number of hydrogen-bond acceptors (Lipinski definition) is 5. The Morgan fingerprint density at radius 2 is 1.60 bits per heavy atom. The van der Waals surface area contributed by atoms with Crippen molar-refractivity contribution in [2.24, 2.45) is 0 Å². The van der Waals surface area contributed by atoms with E-state index in [0.717, 1.165) is 11.5 Å². The summed E-state index contributed by atoms with van der Waals surface area (Å²) in [7, 11) is 0. The maximum absolute atomic E-state index is 8.88. The lowest BCUT2D eigenvalue weighted by molar-refractivity contribution is -0.312. The smallest absolute Gasteiger partial charge is 0.0663 e. The fourth-order valence-electron chi connectivity index (χ4n) is 0.575. The maximum Gasteiger partial charge on any atom is 0.0663 e. The molecule has 0 fully saturated rings. The summed E-state index contributed by atoms with van der Waals surface area (Å²) < 4.78 is 0. The van der Waals surface area contributed by atoms with E-state index in [2.05, 4.69) is 0 Å². The van der Waals surface area contributed by atoms with Crippen LogP contribution in [0.2, 0.25) is 0 Å². The lowest BCUT2D eigenvalue weighted by atomic mass is 10.4. The molecule has 5 nitrogen and oxygen atoms in total. The van der Waals surface area contributed by atoms with Gasteiger partial charge in [0.2, 0.25) is 0 Å². The average molecular weight is 150 g/mol. The molecule has 0 aliphatic rings. The van der Waals surface area contributed by atoms with Gasteiger partial charge in [0.15, 0.2) is 0 Å². The Morgan fingerprint density at radius 1 is 1.00 bits per heavy atom. The van der Waals surface area contributed by atoms with E-state index in [4.69, 9.17) is 15.6 Å². The van der Waals surface area contributed by atoms with Gasteiger partial charge in [0.05, 0.1) is 6.54 Å². The molecular weight excluding hydrogens is 136 g/mol. The quantitative estimate of drug-likeness (QED) is 0.487. The fraction of sp³-hybridized carbons (Fsp3) is 1.00. The van der Waals surface area contributed by atoms with Crippen LogP contribution in [0, 0.1) is 0 Å². The van der Waals surface area contributed by atoms with Crippen LogP contribution in [-0.2, 0) is 0 Å². The van der Waals surface area contributed by atoms with Crippen molar-refractivity contribution in [2.75, 3.05) is 19.6 Å². The van der Waals surface area contributed by atoms with E-state index < -0.39 is 0 Å². The van der Waals surface area contributed by atoms with Crippen LogP contribution in [0.4, 0.5) is 0 Å². The molecule has 0 radical (unpaired) electrons. The highest BCUT2D eigenvalue weighted by molar-refractivity contribution is 4.42. The van der Waals surface area contributed by atoms with Crippen molar-refractivity contribution in [3.63, 3.8) is 0 Å². The predicted octanol–water partition coefficient (Wildman–Crippen LogP) is 0.168. The first-order valence-corrected chi connectivity index (χ1v) is 3.26. The second-order valence-electron chi connectivity index (χ2n) is 2.05. The zero-order valence-corrected chi connectivity index (χ0v) is 6.06. The molecule has 0 aliphatic carbocycles. The van der Waals surface area contributed by atoms with Crippen molar-refractivity contribution in [3.05, 3.63) is 0 Å². The molecule has 62 valence electrons. The summed E-state index contributed by atoms with van der Waals surface area (Å²) in [6.45, 7) is 2.74. The first-order valence-electron chi connectivity index (χ1n) is 3.26. The van der Waals surface area contributed by atoms with Gasteiger partial charge in [-0.1, -0.05) is 12.2 Å². The fourth-order valence-corrected chi connectivity index (χ4v) is 0.575. The standard InChI is InChI=1S/C5H14N2O3/c1-2-3-6(8)4-5-7(9)10/h8-10H,2-5H2,1H3. The normalized spacial score (nSPS) is 11.4. The molecule has 0 spiro atoms. The van der Waals surface area contributed by atoms with Crippen LogP contribution in [0.25, 0.3) is 0 Å². The molecule has 0 atom stereocenters. The van der Waals surface area contributed by atoms with Gasteiger partial charge in [-0.15, -0.1) is 0 Å². The predicted molar refractivity (Wildman–Crippen MR) is 33.9 cm³/mol. The first-order chi connectivity index (χ1) is 4.66. The lowest BCUT2D eigenvalue weighted by Gasteiger charge is -2.14. The second kappa shape index (κ2) is 5.57. The van der Waals surface area contributed by atoms with Crippen LogP contribution in [0.5, 0.6) is 0 Å². The third kappa shape index (κ3) is 5.93. The zero-order valence-electron chi connectivity index (χ0n) is 6.06. The van der Waals surface area contributed by atoms with E-state index >= 15 is 0 Å². The largest absolute Gasteiger partial charge is 0.314 e. The summed E-state index contributed by atoms with van der Waals surface area (Å²) in [6.07, 6.45) is 0.841. The summed E-state index contributed by atoms with van der Waals surface area (Å²) in [5.41, 5.74) is 0. The lowest BCUT2D eigenvalue weighted by Crippen LogP contribution is -2.30. The van der Waals surface area contributed by atoms with E-state index in [0.29, 0.717) is 6.54 Å². The third-order valence-corrected chi connectivity index (χ3v) is 1.04. The van der Waals surface area contributed by atoms with Crippen LogP contribution < -0.4 is 0 Å². The molecule has 0 bridgehead atoms. The topological polar surface area (TPSA) is 67.2 Å². The van der Waals surface area contributed by atoms with Gasteiger partial charge in [-0.3, -0.25) is 10.4 Å². The van der Waals surface area contributed by atoms with Crippen molar-refractivity contribution in [3.8, 4) is 0 Å². The molecule has 0 rings (SSSR count). The Balaban J connectivity index is 3.12. The summed E-state index contributed by atoms with van der Waals surface area (Å²) in [5.74, 6) is 0. The van der Waals surface area contributed by atoms with Gasteiger partial charge >= 0.3 is 0 Å². The highest BCUT2D eigenvalue weighted by Crippen LogP contribution is 1.85. The van der Waals surface area contributed by atoms with E-state index in [1.807, 2.05) is 6.92 Å². The molecule has 5 heteroatoms. The summed E-state index contributed by atoms with van der Waals surface area (Å²) >= 11 is 0. The van der Waals surface area contributed by atoms with Crippen LogP contribution in [0.1, 0.15) is 13.3 Å². The summed E-state index contributed by atoms with van der Waals surface area (Å²) in [4.78, 5) is 0. The number of hydrogen-bond donors (Lipinski definition) is 3. The summed E-state index contributed by atoms with van der Waals surface area (Å²) in [5, 5.41) is 26.4. The van der Waals surface area contributed by atoms with Gasteiger partial charge in [0.1, 0.15) is 0 Å². The van der Waals surface area contributed by atoms with Crippen LogP contribution in [0.15, 0.2) is 0 Å². The van der Waals surface area contributed by atoms with Gasteiger partial charge < -0.3 is 5.21 Å². The van der Waals surface area contributed by atoms with Gasteiger partial charge in [0, 0.05) is 13.1 Å². The molecule has 3 N–H and O–H groups in total. The Bertz CT molecular complexity index is 79.3. The molecule has 0 heterocycles. The van der Waals surface area contributed by atoms with Gasteiger partial charge in [0.25, 0.3) is 0 Å². The molecule has 0 aromatic rings. The molecule has 0 aliphatic heterocycles. The molecular formula is C5H14N2O3. The Morgan fingerprint density at radius 3 is 2.00 bits per heavy atom. The van der Waals surface area contributed by atoms with E-state index in [1.165, 1.54) is 0 Å². The SMILES string of the molecule is CCCN(O)CCN(O)O. The van der Waals surface area contributed by atoms with Crippen molar-refractivity contribution in [2.45, 2.75) is 13.3 Å². The minimum absolute atomic E-state index is 0.0243. The highest BCUT2D eigenvalue weighted by atomic mass is 16.8. The molecule has 0 unspecified atom stereocenters. The van der Waals surface area contributed by atoms with Gasteiger partial charge in [-0.25, -0.2) is 0 Å². The molecule has 0 aromatic heterocycles. The zero-order chi connectivity index (χ0) is 7.98. The monoisotopic (exact) mass is 150 g/mol. The van der Waals surface area contributed by atoms with Crippen LogP contribution >= 0.6 is 0 Å². The van der Waals surface area contributed by atoms with Gasteiger partial charge in [-0.2, -0.15) is 5.06 Å². The van der Waals surface area contributed by atoms with E-state index in [9.17, 15) is 0 Å². The molecule has 0 amide bonds. The minimum Gasteiger partial charge on any atom is -0.314 e. The Labute approximate surface area is 60.0 Å². The number of nitrogens with zero attached hydrogens (tertiary/aromatic N) is 2. The minimum atomic E-state index is 0.0243. The molecule has 0 saturated heterocycles. The molecule has 0 saturated carbocycles. The Kier molecular flexibility index (Phi) is 5.46. The third-order valence-electron chi connectivity index (χ3n) is 1.04.